The van der Waals surface area contributed by atoms with E-state index in [0.29, 0.717) is 22.0 Å². The summed E-state index contributed by atoms with van der Waals surface area (Å²) in [5.74, 6) is -0.423. The van der Waals surface area contributed by atoms with Crippen molar-refractivity contribution in [2.75, 3.05) is 5.32 Å². The zero-order valence-corrected chi connectivity index (χ0v) is 16.4. The lowest BCUT2D eigenvalue weighted by molar-refractivity contribution is 0.0994. The lowest BCUT2D eigenvalue weighted by Crippen LogP contribution is -2.17. The van der Waals surface area contributed by atoms with E-state index < -0.39 is 11.5 Å². The van der Waals surface area contributed by atoms with E-state index in [4.69, 9.17) is 4.42 Å². The van der Waals surface area contributed by atoms with Crippen LogP contribution in [0.15, 0.2) is 82.0 Å². The van der Waals surface area contributed by atoms with E-state index in [1.165, 1.54) is 0 Å². The lowest BCUT2D eigenvalue weighted by atomic mass is 9.97. The number of aryl methyl sites for hydroxylation is 2. The van der Waals surface area contributed by atoms with Gasteiger partial charge in [0, 0.05) is 16.6 Å². The third-order valence-corrected chi connectivity index (χ3v) is 5.03. The molecule has 0 saturated carbocycles. The number of hydrogen-bond acceptors (Lipinski definition) is 3. The minimum atomic E-state index is -0.523. The van der Waals surface area contributed by atoms with Crippen LogP contribution in [0.2, 0.25) is 0 Å². The Morgan fingerprint density at radius 1 is 0.897 bits per heavy atom. The number of nitrogens with one attached hydrogen (secondary N) is 1. The summed E-state index contributed by atoms with van der Waals surface area (Å²) in [4.78, 5) is 25.8. The normalized spacial score (nSPS) is 10.8. The van der Waals surface area contributed by atoms with Gasteiger partial charge in [0.05, 0.1) is 5.39 Å². The largest absolute Gasteiger partial charge is 0.416 e. The van der Waals surface area contributed by atoms with Crippen LogP contribution < -0.4 is 10.9 Å². The third kappa shape index (κ3) is 3.57. The highest BCUT2D eigenvalue weighted by atomic mass is 16.4. The van der Waals surface area contributed by atoms with Gasteiger partial charge in [-0.3, -0.25) is 4.79 Å². The first kappa shape index (κ1) is 18.7. The van der Waals surface area contributed by atoms with E-state index in [1.807, 2.05) is 74.5 Å². The molecule has 0 fully saturated rings. The Kier molecular flexibility index (Phi) is 5.00. The fraction of sp³-hybridized carbons (Fsp3) is 0.120. The van der Waals surface area contributed by atoms with Crippen LogP contribution in [-0.2, 0) is 6.42 Å². The Morgan fingerprint density at radius 3 is 2.28 bits per heavy atom. The van der Waals surface area contributed by atoms with Gasteiger partial charge in [0.25, 0.3) is 5.91 Å². The number of fused-ring (bicyclic) bond motifs is 1. The predicted molar refractivity (Wildman–Crippen MR) is 116 cm³/mol. The lowest BCUT2D eigenvalue weighted by Gasteiger charge is -2.13. The molecule has 4 nitrogen and oxygen atoms in total. The van der Waals surface area contributed by atoms with Gasteiger partial charge in [-0.25, -0.2) is 4.79 Å². The maximum absolute atomic E-state index is 13.2. The molecule has 1 aromatic heterocycles. The molecule has 3 aromatic carbocycles. The van der Waals surface area contributed by atoms with Gasteiger partial charge in [-0.15, -0.1) is 0 Å². The number of benzene rings is 3. The summed E-state index contributed by atoms with van der Waals surface area (Å²) in [6.45, 7) is 4.03. The van der Waals surface area contributed by atoms with Gasteiger partial charge in [-0.05, 0) is 36.6 Å². The molecular formula is C25H21NO3. The zero-order chi connectivity index (χ0) is 20.4. The highest BCUT2D eigenvalue weighted by Crippen LogP contribution is 2.31. The van der Waals surface area contributed by atoms with Crippen LogP contribution in [0.4, 0.5) is 5.69 Å². The first-order valence-electron chi connectivity index (χ1n) is 9.60. The Morgan fingerprint density at radius 2 is 1.55 bits per heavy atom. The summed E-state index contributed by atoms with van der Waals surface area (Å²) >= 11 is 0. The molecule has 0 aliphatic rings. The number of hydrogen-bond donors (Lipinski definition) is 1. The van der Waals surface area contributed by atoms with Crippen molar-refractivity contribution in [3.05, 3.63) is 100 Å². The number of rotatable bonds is 4. The molecule has 0 radical (unpaired) electrons. The van der Waals surface area contributed by atoms with Crippen molar-refractivity contribution in [1.29, 1.82) is 0 Å². The second-order valence-corrected chi connectivity index (χ2v) is 6.97. The Balaban J connectivity index is 1.91. The quantitative estimate of drug-likeness (QED) is 0.500. The number of carbonyl (C=O) groups excluding carboxylic acids is 1. The molecule has 0 spiro atoms. The molecule has 4 aromatic rings. The fourth-order valence-electron chi connectivity index (χ4n) is 3.50. The Bertz CT molecular complexity index is 1250. The third-order valence-electron chi connectivity index (χ3n) is 5.03. The minimum Gasteiger partial charge on any atom is -0.416 e. The maximum atomic E-state index is 13.2. The molecule has 0 bridgehead atoms. The molecule has 4 heteroatoms. The van der Waals surface area contributed by atoms with Crippen molar-refractivity contribution >= 4 is 22.4 Å². The van der Waals surface area contributed by atoms with Crippen molar-refractivity contribution in [2.45, 2.75) is 20.3 Å². The zero-order valence-electron chi connectivity index (χ0n) is 16.4. The molecule has 1 N–H and O–H groups in total. The van der Waals surface area contributed by atoms with Gasteiger partial charge in [-0.2, -0.15) is 0 Å². The van der Waals surface area contributed by atoms with Crippen LogP contribution in [0, 0.1) is 6.92 Å². The smallest absolute Gasteiger partial charge is 0.344 e. The van der Waals surface area contributed by atoms with Gasteiger partial charge in [0.15, 0.2) is 0 Å². The molecule has 0 unspecified atom stereocenters. The monoisotopic (exact) mass is 383 g/mol. The van der Waals surface area contributed by atoms with Gasteiger partial charge >= 0.3 is 5.63 Å². The van der Waals surface area contributed by atoms with E-state index in [9.17, 15) is 9.59 Å². The van der Waals surface area contributed by atoms with Crippen molar-refractivity contribution in [3.63, 3.8) is 0 Å². The van der Waals surface area contributed by atoms with Crippen LogP contribution in [0.5, 0.6) is 0 Å². The average Bonchev–Trinajstić information content (AvgIpc) is 2.75. The molecule has 1 heterocycles. The van der Waals surface area contributed by atoms with Crippen molar-refractivity contribution in [1.82, 2.24) is 0 Å². The number of para-hydroxylation sites is 1. The van der Waals surface area contributed by atoms with Crippen LogP contribution in [0.25, 0.3) is 21.9 Å². The Hall–Kier alpha value is -3.66. The van der Waals surface area contributed by atoms with E-state index in [0.717, 1.165) is 23.1 Å². The van der Waals surface area contributed by atoms with Crippen molar-refractivity contribution in [2.24, 2.45) is 0 Å². The summed E-state index contributed by atoms with van der Waals surface area (Å²) in [5.41, 5.74) is 3.76. The standard InChI is InChI=1S/C25H21NO3/c1-3-17-8-4-7-11-21(17)26-24(27)23-22(18-14-12-16(2)13-15-18)19-9-5-6-10-20(19)25(28)29-23/h4-15H,3H2,1-2H3,(H,26,27). The van der Waals surface area contributed by atoms with E-state index in [2.05, 4.69) is 5.32 Å². The molecule has 0 saturated heterocycles. The highest BCUT2D eigenvalue weighted by Gasteiger charge is 2.22. The summed E-state index contributed by atoms with van der Waals surface area (Å²) < 4.78 is 5.55. The Labute approximate surface area is 168 Å². The first-order valence-corrected chi connectivity index (χ1v) is 9.60. The first-order chi connectivity index (χ1) is 14.1. The van der Waals surface area contributed by atoms with Gasteiger partial charge in [0.2, 0.25) is 5.76 Å². The predicted octanol–water partition coefficient (Wildman–Crippen LogP) is 5.58. The molecular weight excluding hydrogens is 362 g/mol. The molecule has 0 aliphatic carbocycles. The molecule has 0 aliphatic heterocycles. The molecule has 4 rings (SSSR count). The minimum absolute atomic E-state index is 0.0171. The second-order valence-electron chi connectivity index (χ2n) is 6.97. The van der Waals surface area contributed by atoms with Gasteiger partial charge in [0.1, 0.15) is 0 Å². The van der Waals surface area contributed by atoms with Crippen LogP contribution in [-0.4, -0.2) is 5.91 Å². The number of carbonyl (C=O) groups is 1. The van der Waals surface area contributed by atoms with Crippen molar-refractivity contribution < 1.29 is 9.21 Å². The number of amides is 1. The van der Waals surface area contributed by atoms with Crippen molar-refractivity contribution in [3.8, 4) is 11.1 Å². The van der Waals surface area contributed by atoms with Crippen LogP contribution in [0.3, 0.4) is 0 Å². The summed E-state index contributed by atoms with van der Waals surface area (Å²) in [5, 5.41) is 4.07. The topological polar surface area (TPSA) is 59.3 Å². The fourth-order valence-corrected chi connectivity index (χ4v) is 3.50. The summed E-state index contributed by atoms with van der Waals surface area (Å²) in [6, 6.07) is 22.6. The van der Waals surface area contributed by atoms with E-state index >= 15 is 0 Å². The summed E-state index contributed by atoms with van der Waals surface area (Å²) in [6.07, 6.45) is 0.781. The van der Waals surface area contributed by atoms with E-state index in [1.54, 1.807) is 12.1 Å². The maximum Gasteiger partial charge on any atom is 0.344 e. The van der Waals surface area contributed by atoms with E-state index in [-0.39, 0.29) is 5.76 Å². The molecule has 1 amide bonds. The summed E-state index contributed by atoms with van der Waals surface area (Å²) in [7, 11) is 0. The second kappa shape index (κ2) is 7.76. The highest BCUT2D eigenvalue weighted by molar-refractivity contribution is 6.12. The van der Waals surface area contributed by atoms with Gasteiger partial charge < -0.3 is 9.73 Å². The molecule has 29 heavy (non-hydrogen) atoms. The molecule has 144 valence electrons. The van der Waals surface area contributed by atoms with Crippen LogP contribution in [0.1, 0.15) is 28.6 Å². The number of anilines is 1. The van der Waals surface area contributed by atoms with Gasteiger partial charge in [-0.1, -0.05) is 73.2 Å². The average molecular weight is 383 g/mol. The van der Waals surface area contributed by atoms with Crippen LogP contribution >= 0.6 is 0 Å². The molecule has 0 atom stereocenters. The SMILES string of the molecule is CCc1ccccc1NC(=O)c1oc(=O)c2ccccc2c1-c1ccc(C)cc1.